The van der Waals surface area contributed by atoms with Gasteiger partial charge in [-0.2, -0.15) is 0 Å². The molecule has 3 aromatic rings. The summed E-state index contributed by atoms with van der Waals surface area (Å²) in [5.41, 5.74) is 2.93. The minimum absolute atomic E-state index is 0.112. The van der Waals surface area contributed by atoms with Crippen molar-refractivity contribution in [1.82, 2.24) is 4.90 Å². The maximum Gasteiger partial charge on any atom is 0.234 e. The van der Waals surface area contributed by atoms with Crippen molar-refractivity contribution in [2.24, 2.45) is 0 Å². The van der Waals surface area contributed by atoms with E-state index in [1.807, 2.05) is 45.0 Å². The van der Waals surface area contributed by atoms with Crippen LogP contribution in [0.15, 0.2) is 54.6 Å². The molecule has 0 saturated carbocycles. The van der Waals surface area contributed by atoms with Crippen LogP contribution < -0.4 is 10.2 Å². The van der Waals surface area contributed by atoms with Crippen LogP contribution in [0.4, 0.5) is 15.8 Å². The summed E-state index contributed by atoms with van der Waals surface area (Å²) >= 11 is 0. The number of likely N-dealkylation sites (N-methyl/N-ethyl adjacent to an activating group) is 1. The molecule has 1 heterocycles. The zero-order valence-corrected chi connectivity index (χ0v) is 18.9. The molecule has 4 nitrogen and oxygen atoms in total. The van der Waals surface area contributed by atoms with E-state index in [1.54, 1.807) is 12.1 Å². The van der Waals surface area contributed by atoms with E-state index in [4.69, 9.17) is 0 Å². The fraction of sp³-hybridized carbons (Fsp3) is 0.346. The maximum atomic E-state index is 14.3. The molecular formula is C26H30FN3O. The molecule has 4 rings (SSSR count). The van der Waals surface area contributed by atoms with Gasteiger partial charge >= 0.3 is 0 Å². The number of hydrogen-bond acceptors (Lipinski definition) is 3. The van der Waals surface area contributed by atoms with Gasteiger partial charge < -0.3 is 15.1 Å². The number of amides is 1. The summed E-state index contributed by atoms with van der Waals surface area (Å²) in [6, 6.07) is 17.3. The molecule has 162 valence electrons. The zero-order valence-electron chi connectivity index (χ0n) is 18.9. The van der Waals surface area contributed by atoms with Crippen LogP contribution in [0.5, 0.6) is 0 Å². The average molecular weight is 420 g/mol. The number of aryl methyl sites for hydroxylation is 1. The number of halogens is 1. The van der Waals surface area contributed by atoms with E-state index >= 15 is 0 Å². The fourth-order valence-electron chi connectivity index (χ4n) is 4.14. The molecule has 0 aliphatic carbocycles. The highest BCUT2D eigenvalue weighted by molar-refractivity contribution is 6.02. The maximum absolute atomic E-state index is 14.3. The highest BCUT2D eigenvalue weighted by atomic mass is 19.1. The lowest BCUT2D eigenvalue weighted by molar-refractivity contribution is -0.120. The van der Waals surface area contributed by atoms with Crippen LogP contribution in [0.3, 0.4) is 0 Å². The molecule has 1 aliphatic rings. The number of benzene rings is 3. The third-order valence-electron chi connectivity index (χ3n) is 6.54. The van der Waals surface area contributed by atoms with Crippen molar-refractivity contribution in [1.29, 1.82) is 0 Å². The van der Waals surface area contributed by atoms with Gasteiger partial charge in [-0.05, 0) is 69.6 Å². The van der Waals surface area contributed by atoms with Gasteiger partial charge in [-0.1, -0.05) is 36.4 Å². The first kappa shape index (κ1) is 21.3. The second-order valence-electron chi connectivity index (χ2n) is 9.24. The van der Waals surface area contributed by atoms with Gasteiger partial charge in [0, 0.05) is 35.9 Å². The molecule has 31 heavy (non-hydrogen) atoms. The Bertz CT molecular complexity index is 1130. The summed E-state index contributed by atoms with van der Waals surface area (Å²) in [4.78, 5) is 18.0. The number of carbonyl (C=O) groups excluding carboxylic acids is 1. The number of nitrogens with one attached hydrogen (secondary N) is 1. The molecule has 0 bridgehead atoms. The Kier molecular flexibility index (Phi) is 5.48. The Hall–Kier alpha value is -2.92. The highest BCUT2D eigenvalue weighted by Gasteiger charge is 2.33. The largest absolute Gasteiger partial charge is 0.368 e. The van der Waals surface area contributed by atoms with Gasteiger partial charge in [0.05, 0.1) is 5.41 Å². The first-order valence-electron chi connectivity index (χ1n) is 10.7. The zero-order chi connectivity index (χ0) is 22.3. The summed E-state index contributed by atoms with van der Waals surface area (Å²) in [6.45, 7) is 7.74. The molecule has 1 amide bonds. The van der Waals surface area contributed by atoms with Gasteiger partial charge in [0.2, 0.25) is 5.91 Å². The van der Waals surface area contributed by atoms with E-state index < -0.39 is 5.41 Å². The second-order valence-corrected chi connectivity index (χ2v) is 9.24. The van der Waals surface area contributed by atoms with Crippen molar-refractivity contribution in [3.63, 3.8) is 0 Å². The Morgan fingerprint density at radius 2 is 1.74 bits per heavy atom. The summed E-state index contributed by atoms with van der Waals surface area (Å²) in [5, 5.41) is 4.44. The average Bonchev–Trinajstić information content (AvgIpc) is 2.69. The molecule has 1 aliphatic heterocycles. The third-order valence-corrected chi connectivity index (χ3v) is 6.54. The van der Waals surface area contributed by atoms with E-state index in [2.05, 4.69) is 41.3 Å². The number of anilines is 2. The van der Waals surface area contributed by atoms with E-state index in [0.29, 0.717) is 11.4 Å². The van der Waals surface area contributed by atoms with Gasteiger partial charge in [0.1, 0.15) is 5.82 Å². The Morgan fingerprint density at radius 1 is 1.06 bits per heavy atom. The number of carbonyl (C=O) groups is 1. The van der Waals surface area contributed by atoms with E-state index in [9.17, 15) is 9.18 Å². The summed E-state index contributed by atoms with van der Waals surface area (Å²) in [7, 11) is 4.20. The number of hydrogen-bond donors (Lipinski definition) is 1. The first-order valence-corrected chi connectivity index (χ1v) is 10.7. The quantitative estimate of drug-likeness (QED) is 0.635. The van der Waals surface area contributed by atoms with Crippen LogP contribution in [0.25, 0.3) is 10.8 Å². The van der Waals surface area contributed by atoms with Crippen LogP contribution in [-0.2, 0) is 10.2 Å². The summed E-state index contributed by atoms with van der Waals surface area (Å²) in [5.74, 6) is -0.385. The predicted octanol–water partition coefficient (Wildman–Crippen LogP) is 4.95. The summed E-state index contributed by atoms with van der Waals surface area (Å²) in [6.07, 6.45) is 0. The van der Waals surface area contributed by atoms with Crippen molar-refractivity contribution >= 4 is 28.1 Å². The van der Waals surface area contributed by atoms with Crippen molar-refractivity contribution in [2.45, 2.75) is 32.2 Å². The molecule has 5 heteroatoms. The van der Waals surface area contributed by atoms with Gasteiger partial charge in [-0.15, -0.1) is 0 Å². The molecule has 0 aromatic heterocycles. The standard InChI is InChI=1S/C26H30FN3O/c1-17-10-11-18(30-15-19(16-30)29(4)5)14-24(17)28-25(31)26(2,3)22-12-13-23(27)21-9-7-6-8-20(21)22/h6-14,19H,15-16H2,1-5H3,(H,28,31). The third kappa shape index (κ3) is 3.90. The fourth-order valence-corrected chi connectivity index (χ4v) is 4.14. The minimum Gasteiger partial charge on any atom is -0.368 e. The van der Waals surface area contributed by atoms with Crippen molar-refractivity contribution in [3.8, 4) is 0 Å². The van der Waals surface area contributed by atoms with Gasteiger partial charge in [-0.25, -0.2) is 4.39 Å². The number of rotatable bonds is 5. The molecule has 0 radical (unpaired) electrons. The predicted molar refractivity (Wildman–Crippen MR) is 126 cm³/mol. The van der Waals surface area contributed by atoms with E-state index in [0.717, 1.165) is 41.0 Å². The Morgan fingerprint density at radius 3 is 2.42 bits per heavy atom. The second kappa shape index (κ2) is 7.97. The number of fused-ring (bicyclic) bond motifs is 1. The molecule has 0 unspecified atom stereocenters. The van der Waals surface area contributed by atoms with Crippen LogP contribution in [-0.4, -0.2) is 44.0 Å². The van der Waals surface area contributed by atoms with Gasteiger partial charge in [0.25, 0.3) is 0 Å². The molecule has 1 saturated heterocycles. The lowest BCUT2D eigenvalue weighted by Gasteiger charge is -2.44. The van der Waals surface area contributed by atoms with Crippen LogP contribution in [0.1, 0.15) is 25.0 Å². The molecular weight excluding hydrogens is 389 g/mol. The Labute approximate surface area is 183 Å². The smallest absolute Gasteiger partial charge is 0.234 e. The minimum atomic E-state index is -0.831. The molecule has 0 atom stereocenters. The van der Waals surface area contributed by atoms with E-state index in [-0.39, 0.29) is 11.7 Å². The molecule has 0 spiro atoms. The van der Waals surface area contributed by atoms with Crippen molar-refractivity contribution in [3.05, 3.63) is 71.5 Å². The monoisotopic (exact) mass is 419 g/mol. The molecule has 1 fully saturated rings. The van der Waals surface area contributed by atoms with E-state index in [1.165, 1.54) is 6.07 Å². The SMILES string of the molecule is Cc1ccc(N2CC(N(C)C)C2)cc1NC(=O)C(C)(C)c1ccc(F)c2ccccc12. The highest BCUT2D eigenvalue weighted by Crippen LogP contribution is 2.34. The summed E-state index contributed by atoms with van der Waals surface area (Å²) < 4.78 is 14.3. The van der Waals surface area contributed by atoms with Crippen molar-refractivity contribution in [2.75, 3.05) is 37.4 Å². The molecule has 1 N–H and O–H groups in total. The normalized spacial score (nSPS) is 14.7. The first-order chi connectivity index (χ1) is 14.7. The van der Waals surface area contributed by atoms with Gasteiger partial charge in [0.15, 0.2) is 0 Å². The van der Waals surface area contributed by atoms with Crippen molar-refractivity contribution < 1.29 is 9.18 Å². The van der Waals surface area contributed by atoms with Crippen LogP contribution in [0.2, 0.25) is 0 Å². The lowest BCUT2D eigenvalue weighted by atomic mass is 9.80. The number of nitrogens with zero attached hydrogens (tertiary/aromatic N) is 2. The molecule has 3 aromatic carbocycles. The topological polar surface area (TPSA) is 35.6 Å². The van der Waals surface area contributed by atoms with Crippen LogP contribution in [0, 0.1) is 12.7 Å². The van der Waals surface area contributed by atoms with Gasteiger partial charge in [-0.3, -0.25) is 4.79 Å². The Balaban J connectivity index is 1.60. The lowest BCUT2D eigenvalue weighted by Crippen LogP contribution is -2.57. The van der Waals surface area contributed by atoms with Crippen LogP contribution >= 0.6 is 0 Å².